The van der Waals surface area contributed by atoms with Crippen molar-refractivity contribution in [2.75, 3.05) is 25.0 Å². The summed E-state index contributed by atoms with van der Waals surface area (Å²) in [6.45, 7) is 1.63. The third-order valence-electron chi connectivity index (χ3n) is 3.49. The molecule has 0 saturated carbocycles. The van der Waals surface area contributed by atoms with Crippen LogP contribution in [0.25, 0.3) is 0 Å². The normalized spacial score (nSPS) is 15.6. The van der Waals surface area contributed by atoms with Gasteiger partial charge in [-0.25, -0.2) is 0 Å². The third-order valence-corrected chi connectivity index (χ3v) is 3.49. The SMILES string of the molecule is NCC(=O)Nc1ccc(C(=O)N2CCCCCC2)cc1. The first kappa shape index (κ1) is 14.5. The fourth-order valence-electron chi connectivity index (χ4n) is 2.36. The second kappa shape index (κ2) is 7.05. The van der Waals surface area contributed by atoms with E-state index in [1.807, 2.05) is 4.90 Å². The van der Waals surface area contributed by atoms with Crippen molar-refractivity contribution < 1.29 is 9.59 Å². The summed E-state index contributed by atoms with van der Waals surface area (Å²) in [5, 5.41) is 2.66. The Kier molecular flexibility index (Phi) is 5.12. The zero-order chi connectivity index (χ0) is 14.4. The quantitative estimate of drug-likeness (QED) is 0.879. The molecule has 1 saturated heterocycles. The van der Waals surface area contributed by atoms with Gasteiger partial charge in [-0.05, 0) is 37.1 Å². The molecule has 2 amide bonds. The van der Waals surface area contributed by atoms with Crippen LogP contribution in [0.1, 0.15) is 36.0 Å². The molecule has 0 radical (unpaired) electrons. The lowest BCUT2D eigenvalue weighted by Gasteiger charge is -2.20. The van der Waals surface area contributed by atoms with Crippen molar-refractivity contribution >= 4 is 17.5 Å². The van der Waals surface area contributed by atoms with Crippen molar-refractivity contribution in [1.29, 1.82) is 0 Å². The average molecular weight is 275 g/mol. The lowest BCUT2D eigenvalue weighted by Crippen LogP contribution is -2.31. The number of benzene rings is 1. The highest BCUT2D eigenvalue weighted by Gasteiger charge is 2.17. The molecule has 0 aromatic heterocycles. The van der Waals surface area contributed by atoms with Gasteiger partial charge >= 0.3 is 0 Å². The summed E-state index contributed by atoms with van der Waals surface area (Å²) in [6.07, 6.45) is 4.56. The maximum absolute atomic E-state index is 12.4. The zero-order valence-corrected chi connectivity index (χ0v) is 11.6. The van der Waals surface area contributed by atoms with Crippen LogP contribution in [0.3, 0.4) is 0 Å². The number of likely N-dealkylation sites (tertiary alicyclic amines) is 1. The molecule has 3 N–H and O–H groups in total. The molecule has 0 aliphatic carbocycles. The Balaban J connectivity index is 2.01. The minimum atomic E-state index is -0.239. The van der Waals surface area contributed by atoms with Crippen molar-refractivity contribution in [2.24, 2.45) is 5.73 Å². The van der Waals surface area contributed by atoms with Gasteiger partial charge in [-0.2, -0.15) is 0 Å². The van der Waals surface area contributed by atoms with Crippen molar-refractivity contribution in [3.63, 3.8) is 0 Å². The number of hydrogen-bond donors (Lipinski definition) is 2. The first-order valence-corrected chi connectivity index (χ1v) is 7.10. The highest BCUT2D eigenvalue weighted by Crippen LogP contribution is 2.15. The number of hydrogen-bond acceptors (Lipinski definition) is 3. The molecule has 20 heavy (non-hydrogen) atoms. The molecule has 1 aromatic carbocycles. The molecule has 5 nitrogen and oxygen atoms in total. The summed E-state index contributed by atoms with van der Waals surface area (Å²) in [6, 6.07) is 6.97. The summed E-state index contributed by atoms with van der Waals surface area (Å²) < 4.78 is 0. The van der Waals surface area contributed by atoms with Gasteiger partial charge in [0.1, 0.15) is 0 Å². The van der Waals surface area contributed by atoms with E-state index < -0.39 is 0 Å². The number of nitrogens with one attached hydrogen (secondary N) is 1. The number of rotatable bonds is 3. The molecular formula is C15H21N3O2. The van der Waals surface area contributed by atoms with E-state index in [2.05, 4.69) is 5.32 Å². The topological polar surface area (TPSA) is 75.4 Å². The fraction of sp³-hybridized carbons (Fsp3) is 0.467. The Morgan fingerprint density at radius 1 is 1.05 bits per heavy atom. The Morgan fingerprint density at radius 2 is 1.65 bits per heavy atom. The Hall–Kier alpha value is -1.88. The van der Waals surface area contributed by atoms with E-state index in [0.717, 1.165) is 25.9 Å². The van der Waals surface area contributed by atoms with Gasteiger partial charge in [0.2, 0.25) is 5.91 Å². The molecule has 108 valence electrons. The summed E-state index contributed by atoms with van der Waals surface area (Å²) in [7, 11) is 0. The summed E-state index contributed by atoms with van der Waals surface area (Å²) in [5.41, 5.74) is 6.56. The maximum atomic E-state index is 12.4. The van der Waals surface area contributed by atoms with Crippen LogP contribution in [-0.4, -0.2) is 36.3 Å². The van der Waals surface area contributed by atoms with Crippen LogP contribution in [0.5, 0.6) is 0 Å². The van der Waals surface area contributed by atoms with Crippen LogP contribution in [0.15, 0.2) is 24.3 Å². The van der Waals surface area contributed by atoms with Crippen LogP contribution in [0.4, 0.5) is 5.69 Å². The first-order valence-electron chi connectivity index (χ1n) is 7.10. The van der Waals surface area contributed by atoms with Crippen LogP contribution in [-0.2, 0) is 4.79 Å². The second-order valence-electron chi connectivity index (χ2n) is 5.04. The van der Waals surface area contributed by atoms with Crippen LogP contribution >= 0.6 is 0 Å². The molecule has 1 fully saturated rings. The predicted octanol–water partition coefficient (Wildman–Crippen LogP) is 1.60. The smallest absolute Gasteiger partial charge is 0.253 e. The largest absolute Gasteiger partial charge is 0.339 e. The molecule has 0 bridgehead atoms. The second-order valence-corrected chi connectivity index (χ2v) is 5.04. The lowest BCUT2D eigenvalue weighted by molar-refractivity contribution is -0.114. The first-order chi connectivity index (χ1) is 9.70. The minimum absolute atomic E-state index is 0.0472. The Morgan fingerprint density at radius 3 is 2.20 bits per heavy atom. The molecule has 1 aromatic rings. The maximum Gasteiger partial charge on any atom is 0.253 e. The summed E-state index contributed by atoms with van der Waals surface area (Å²) in [5.74, 6) is -0.166. The predicted molar refractivity (Wildman–Crippen MR) is 78.5 cm³/mol. The van der Waals surface area contributed by atoms with Crippen molar-refractivity contribution in [3.05, 3.63) is 29.8 Å². The average Bonchev–Trinajstić information content (AvgIpc) is 2.76. The third kappa shape index (κ3) is 3.81. The Bertz CT molecular complexity index is 463. The standard InChI is InChI=1S/C15H21N3O2/c16-11-14(19)17-13-7-5-12(6-8-13)15(20)18-9-3-1-2-4-10-18/h5-8H,1-4,9-11,16H2,(H,17,19). The molecule has 2 rings (SSSR count). The van der Waals surface area contributed by atoms with Crippen molar-refractivity contribution in [3.8, 4) is 0 Å². The van der Waals surface area contributed by atoms with Gasteiger partial charge in [0.15, 0.2) is 0 Å². The Labute approximate surface area is 119 Å². The molecular weight excluding hydrogens is 254 g/mol. The van der Waals surface area contributed by atoms with Gasteiger partial charge in [-0.3, -0.25) is 9.59 Å². The van der Waals surface area contributed by atoms with Crippen molar-refractivity contribution in [2.45, 2.75) is 25.7 Å². The summed E-state index contributed by atoms with van der Waals surface area (Å²) in [4.78, 5) is 25.5. The van der Waals surface area contributed by atoms with E-state index >= 15 is 0 Å². The molecule has 5 heteroatoms. The number of carbonyl (C=O) groups excluding carboxylic acids is 2. The number of amides is 2. The van der Waals surface area contributed by atoms with E-state index in [-0.39, 0.29) is 18.4 Å². The molecule has 1 heterocycles. The van der Waals surface area contributed by atoms with Gasteiger partial charge in [0, 0.05) is 24.3 Å². The molecule has 1 aliphatic heterocycles. The van der Waals surface area contributed by atoms with E-state index in [1.54, 1.807) is 24.3 Å². The van der Waals surface area contributed by atoms with E-state index in [0.29, 0.717) is 11.3 Å². The minimum Gasteiger partial charge on any atom is -0.339 e. The van der Waals surface area contributed by atoms with Crippen molar-refractivity contribution in [1.82, 2.24) is 4.90 Å². The monoisotopic (exact) mass is 275 g/mol. The van der Waals surface area contributed by atoms with E-state index in [4.69, 9.17) is 5.73 Å². The van der Waals surface area contributed by atoms with Gasteiger partial charge in [-0.15, -0.1) is 0 Å². The summed E-state index contributed by atoms with van der Waals surface area (Å²) >= 11 is 0. The highest BCUT2D eigenvalue weighted by molar-refractivity contribution is 5.96. The van der Waals surface area contributed by atoms with Gasteiger partial charge in [0.25, 0.3) is 5.91 Å². The number of anilines is 1. The molecule has 0 spiro atoms. The highest BCUT2D eigenvalue weighted by atomic mass is 16.2. The fourth-order valence-corrected chi connectivity index (χ4v) is 2.36. The molecule has 1 aliphatic rings. The lowest BCUT2D eigenvalue weighted by atomic mass is 10.1. The van der Waals surface area contributed by atoms with Gasteiger partial charge in [0.05, 0.1) is 6.54 Å². The number of nitrogens with zero attached hydrogens (tertiary/aromatic N) is 1. The van der Waals surface area contributed by atoms with Crippen LogP contribution in [0, 0.1) is 0 Å². The van der Waals surface area contributed by atoms with Crippen LogP contribution < -0.4 is 11.1 Å². The number of nitrogens with two attached hydrogens (primary N) is 1. The van der Waals surface area contributed by atoms with Gasteiger partial charge < -0.3 is 16.0 Å². The molecule has 0 atom stereocenters. The number of carbonyl (C=O) groups is 2. The van der Waals surface area contributed by atoms with Gasteiger partial charge in [-0.1, -0.05) is 12.8 Å². The van der Waals surface area contributed by atoms with E-state index in [1.165, 1.54) is 12.8 Å². The zero-order valence-electron chi connectivity index (χ0n) is 11.6. The van der Waals surface area contributed by atoms with Crippen LogP contribution in [0.2, 0.25) is 0 Å². The molecule has 0 unspecified atom stereocenters. The van der Waals surface area contributed by atoms with E-state index in [9.17, 15) is 9.59 Å².